The molecular weight excluding hydrogens is 346 g/mol. The smallest absolute Gasteiger partial charge is 0.264 e. The molecule has 0 aliphatic heterocycles. The second-order valence-electron chi connectivity index (χ2n) is 6.01. The lowest BCUT2D eigenvalue weighted by Crippen LogP contribution is -2.30. The first-order valence-corrected chi connectivity index (χ1v) is 9.72. The average Bonchev–Trinajstić information content (AvgIpc) is 2.68. The quantitative estimate of drug-likeness (QED) is 0.649. The van der Waals surface area contributed by atoms with Gasteiger partial charge >= 0.3 is 0 Å². The lowest BCUT2D eigenvalue weighted by Gasteiger charge is -2.25. The molecule has 0 bridgehead atoms. The maximum atomic E-state index is 13.3. The number of benzene rings is 3. The third kappa shape index (κ3) is 3.89. The summed E-state index contributed by atoms with van der Waals surface area (Å²) in [6.45, 7) is 2.19. The molecule has 0 fully saturated rings. The maximum absolute atomic E-state index is 13.3. The lowest BCUT2D eigenvalue weighted by atomic mass is 10.2. The molecule has 0 aliphatic carbocycles. The van der Waals surface area contributed by atoms with Gasteiger partial charge in [0.05, 0.1) is 24.2 Å². The van der Waals surface area contributed by atoms with E-state index >= 15 is 0 Å². The van der Waals surface area contributed by atoms with Crippen molar-refractivity contribution in [2.24, 2.45) is 0 Å². The van der Waals surface area contributed by atoms with Gasteiger partial charge < -0.3 is 4.74 Å². The first-order chi connectivity index (χ1) is 12.5. The Labute approximate surface area is 154 Å². The molecule has 0 unspecified atom stereocenters. The van der Waals surface area contributed by atoms with Crippen LogP contribution in [0.3, 0.4) is 0 Å². The average molecular weight is 367 g/mol. The van der Waals surface area contributed by atoms with Crippen LogP contribution in [0.5, 0.6) is 5.75 Å². The monoisotopic (exact) mass is 367 g/mol. The van der Waals surface area contributed by atoms with Gasteiger partial charge in [-0.05, 0) is 48.9 Å². The van der Waals surface area contributed by atoms with E-state index in [1.807, 2.05) is 55.5 Å². The van der Waals surface area contributed by atoms with Gasteiger partial charge in [-0.2, -0.15) is 0 Å². The molecular formula is C21H21NO3S. The number of nitrogens with zero attached hydrogens (tertiary/aromatic N) is 1. The minimum Gasteiger partial charge on any atom is -0.497 e. The Kier molecular flexibility index (Phi) is 5.28. The topological polar surface area (TPSA) is 46.6 Å². The standard InChI is InChI=1S/C21H21NO3S/c1-17-11-13-19(14-12-17)22(16-18-7-6-8-20(15-18)25-2)26(23,24)21-9-4-3-5-10-21/h3-15H,16H2,1-2H3. The molecule has 0 aliphatic rings. The minimum atomic E-state index is -3.69. The van der Waals surface area contributed by atoms with E-state index in [9.17, 15) is 8.42 Å². The van der Waals surface area contributed by atoms with Crippen LogP contribution >= 0.6 is 0 Å². The molecule has 0 saturated carbocycles. The summed E-state index contributed by atoms with van der Waals surface area (Å²) in [6, 6.07) is 23.4. The first kappa shape index (κ1) is 18.0. The van der Waals surface area contributed by atoms with Crippen molar-refractivity contribution < 1.29 is 13.2 Å². The highest BCUT2D eigenvalue weighted by Gasteiger charge is 2.25. The van der Waals surface area contributed by atoms with Crippen molar-refractivity contribution in [2.75, 3.05) is 11.4 Å². The highest BCUT2D eigenvalue weighted by atomic mass is 32.2. The number of anilines is 1. The van der Waals surface area contributed by atoms with Crippen molar-refractivity contribution >= 4 is 15.7 Å². The van der Waals surface area contributed by atoms with Gasteiger partial charge in [0.2, 0.25) is 0 Å². The molecule has 0 heterocycles. The van der Waals surface area contributed by atoms with E-state index in [1.54, 1.807) is 37.4 Å². The van der Waals surface area contributed by atoms with Crippen LogP contribution < -0.4 is 9.04 Å². The number of rotatable bonds is 6. The van der Waals surface area contributed by atoms with Crippen LogP contribution in [0.15, 0.2) is 83.8 Å². The second-order valence-corrected chi connectivity index (χ2v) is 7.87. The summed E-state index contributed by atoms with van der Waals surface area (Å²) in [6.07, 6.45) is 0. The van der Waals surface area contributed by atoms with Crippen LogP contribution in [-0.2, 0) is 16.6 Å². The molecule has 134 valence electrons. The summed E-state index contributed by atoms with van der Waals surface area (Å²) in [5.41, 5.74) is 2.55. The molecule has 0 spiro atoms. The highest BCUT2D eigenvalue weighted by Crippen LogP contribution is 2.27. The van der Waals surface area contributed by atoms with Gasteiger partial charge in [0.1, 0.15) is 5.75 Å². The SMILES string of the molecule is COc1cccc(CN(c2ccc(C)cc2)S(=O)(=O)c2ccccc2)c1. The molecule has 0 amide bonds. The minimum absolute atomic E-state index is 0.220. The Morgan fingerprint density at radius 3 is 2.23 bits per heavy atom. The number of ether oxygens (including phenoxy) is 1. The number of methoxy groups -OCH3 is 1. The number of hydrogen-bond donors (Lipinski definition) is 0. The predicted molar refractivity (Wildman–Crippen MR) is 104 cm³/mol. The van der Waals surface area contributed by atoms with Crippen LogP contribution in [0.4, 0.5) is 5.69 Å². The molecule has 0 saturated heterocycles. The summed E-state index contributed by atoms with van der Waals surface area (Å²) in [5, 5.41) is 0. The summed E-state index contributed by atoms with van der Waals surface area (Å²) >= 11 is 0. The van der Waals surface area contributed by atoms with E-state index in [-0.39, 0.29) is 11.4 Å². The molecule has 0 radical (unpaired) electrons. The van der Waals surface area contributed by atoms with E-state index in [0.717, 1.165) is 11.1 Å². The first-order valence-electron chi connectivity index (χ1n) is 8.28. The predicted octanol–water partition coefficient (Wildman–Crippen LogP) is 4.40. The summed E-state index contributed by atoms with van der Waals surface area (Å²) in [5.74, 6) is 0.698. The largest absolute Gasteiger partial charge is 0.497 e. The third-order valence-electron chi connectivity index (χ3n) is 4.11. The zero-order valence-electron chi connectivity index (χ0n) is 14.8. The van der Waals surface area contributed by atoms with E-state index in [1.165, 1.54) is 4.31 Å². The van der Waals surface area contributed by atoms with E-state index in [0.29, 0.717) is 11.4 Å². The molecule has 3 aromatic carbocycles. The van der Waals surface area contributed by atoms with Gasteiger partial charge in [-0.3, -0.25) is 4.31 Å². The van der Waals surface area contributed by atoms with Crippen LogP contribution in [-0.4, -0.2) is 15.5 Å². The zero-order valence-corrected chi connectivity index (χ0v) is 15.6. The van der Waals surface area contributed by atoms with Gasteiger partial charge in [0, 0.05) is 0 Å². The van der Waals surface area contributed by atoms with Gasteiger partial charge in [-0.15, -0.1) is 0 Å². The van der Waals surface area contributed by atoms with Crippen molar-refractivity contribution in [1.82, 2.24) is 0 Å². The van der Waals surface area contributed by atoms with Crippen molar-refractivity contribution in [3.63, 3.8) is 0 Å². The van der Waals surface area contributed by atoms with E-state index in [4.69, 9.17) is 4.74 Å². The molecule has 5 heteroatoms. The fraction of sp³-hybridized carbons (Fsp3) is 0.143. The van der Waals surface area contributed by atoms with Crippen molar-refractivity contribution in [1.29, 1.82) is 0 Å². The van der Waals surface area contributed by atoms with Gasteiger partial charge in [-0.25, -0.2) is 8.42 Å². The molecule has 26 heavy (non-hydrogen) atoms. The zero-order chi connectivity index (χ0) is 18.6. The fourth-order valence-corrected chi connectivity index (χ4v) is 4.16. The Bertz CT molecular complexity index is 968. The normalized spacial score (nSPS) is 11.2. The number of sulfonamides is 1. The Morgan fingerprint density at radius 2 is 1.58 bits per heavy atom. The van der Waals surface area contributed by atoms with Gasteiger partial charge in [0.25, 0.3) is 10.0 Å². The van der Waals surface area contributed by atoms with Crippen molar-refractivity contribution in [3.05, 3.63) is 90.0 Å². The summed E-state index contributed by atoms with van der Waals surface area (Å²) in [4.78, 5) is 0.267. The van der Waals surface area contributed by atoms with E-state index in [2.05, 4.69) is 0 Å². The lowest BCUT2D eigenvalue weighted by molar-refractivity contribution is 0.414. The molecule has 0 N–H and O–H groups in total. The number of hydrogen-bond acceptors (Lipinski definition) is 3. The van der Waals surface area contributed by atoms with Gasteiger partial charge in [-0.1, -0.05) is 48.0 Å². The molecule has 3 rings (SSSR count). The fourth-order valence-electron chi connectivity index (χ4n) is 2.68. The van der Waals surface area contributed by atoms with Crippen molar-refractivity contribution in [3.8, 4) is 5.75 Å². The molecule has 4 nitrogen and oxygen atoms in total. The summed E-state index contributed by atoms with van der Waals surface area (Å²) < 4.78 is 33.2. The van der Waals surface area contributed by atoms with Crippen LogP contribution in [0.25, 0.3) is 0 Å². The maximum Gasteiger partial charge on any atom is 0.264 e. The van der Waals surface area contributed by atoms with E-state index < -0.39 is 10.0 Å². The summed E-state index contributed by atoms with van der Waals surface area (Å²) in [7, 11) is -2.10. The second kappa shape index (κ2) is 7.62. The number of aryl methyl sites for hydroxylation is 1. The Morgan fingerprint density at radius 1 is 0.885 bits per heavy atom. The Hall–Kier alpha value is -2.79. The van der Waals surface area contributed by atoms with Crippen LogP contribution in [0.1, 0.15) is 11.1 Å². The van der Waals surface area contributed by atoms with Crippen LogP contribution in [0, 0.1) is 6.92 Å². The molecule has 3 aromatic rings. The third-order valence-corrected chi connectivity index (χ3v) is 5.90. The highest BCUT2D eigenvalue weighted by molar-refractivity contribution is 7.92. The Balaban J connectivity index is 2.06. The van der Waals surface area contributed by atoms with Gasteiger partial charge in [0.15, 0.2) is 0 Å². The molecule has 0 atom stereocenters. The van der Waals surface area contributed by atoms with Crippen molar-refractivity contribution in [2.45, 2.75) is 18.4 Å². The molecule has 0 aromatic heterocycles. The van der Waals surface area contributed by atoms with Crippen LogP contribution in [0.2, 0.25) is 0 Å².